The third-order valence-electron chi connectivity index (χ3n) is 5.58. The summed E-state index contributed by atoms with van der Waals surface area (Å²) in [6, 6.07) is 8.16. The Morgan fingerprint density at radius 2 is 1.97 bits per heavy atom. The van der Waals surface area contributed by atoms with Gasteiger partial charge in [-0.2, -0.15) is 0 Å². The number of aromatic nitrogens is 2. The van der Waals surface area contributed by atoms with Crippen molar-refractivity contribution in [3.05, 3.63) is 41.7 Å². The van der Waals surface area contributed by atoms with Crippen LogP contribution in [0.5, 0.6) is 0 Å². The molecule has 0 radical (unpaired) electrons. The lowest BCUT2D eigenvalue weighted by Crippen LogP contribution is -2.34. The van der Waals surface area contributed by atoms with E-state index in [4.69, 9.17) is 0 Å². The van der Waals surface area contributed by atoms with Crippen molar-refractivity contribution in [2.45, 2.75) is 52.9 Å². The van der Waals surface area contributed by atoms with Crippen molar-refractivity contribution in [2.24, 2.45) is 5.92 Å². The summed E-state index contributed by atoms with van der Waals surface area (Å²) >= 11 is 0. The average Bonchev–Trinajstić information content (AvgIpc) is 2.73. The molecule has 1 aliphatic heterocycles. The Morgan fingerprint density at radius 3 is 2.69 bits per heavy atom. The van der Waals surface area contributed by atoms with E-state index in [1.54, 1.807) is 6.33 Å². The Bertz CT molecular complexity index is 815. The molecule has 6 nitrogen and oxygen atoms in total. The van der Waals surface area contributed by atoms with Gasteiger partial charge in [0.25, 0.3) is 0 Å². The van der Waals surface area contributed by atoms with Crippen LogP contribution in [-0.4, -0.2) is 35.5 Å². The number of piperidine rings is 1. The molecule has 6 heteroatoms. The van der Waals surface area contributed by atoms with Gasteiger partial charge in [-0.05, 0) is 57.1 Å². The molecule has 0 saturated carbocycles. The molecule has 1 aromatic heterocycles. The summed E-state index contributed by atoms with van der Waals surface area (Å²) in [6.45, 7) is 9.12. The molecule has 2 heterocycles. The molecule has 29 heavy (non-hydrogen) atoms. The fourth-order valence-corrected chi connectivity index (χ4v) is 3.82. The quantitative estimate of drug-likeness (QED) is 0.686. The van der Waals surface area contributed by atoms with Crippen LogP contribution >= 0.6 is 0 Å². The van der Waals surface area contributed by atoms with Gasteiger partial charge in [0.05, 0.1) is 0 Å². The van der Waals surface area contributed by atoms with Crippen LogP contribution in [0.3, 0.4) is 0 Å². The first kappa shape index (κ1) is 21.1. The number of nitrogens with zero attached hydrogens (tertiary/aromatic N) is 3. The van der Waals surface area contributed by atoms with Crippen molar-refractivity contribution in [3.8, 4) is 0 Å². The zero-order valence-electron chi connectivity index (χ0n) is 17.9. The molecular weight excluding hydrogens is 362 g/mol. The fraction of sp³-hybridized carbons (Fsp3) is 0.522. The Hall–Kier alpha value is -2.63. The minimum Gasteiger partial charge on any atom is -0.370 e. The molecule has 0 aliphatic carbocycles. The molecule has 3 rings (SSSR count). The molecule has 156 valence electrons. The molecule has 1 amide bonds. The summed E-state index contributed by atoms with van der Waals surface area (Å²) in [5.41, 5.74) is 3.25. The molecule has 1 aliphatic rings. The summed E-state index contributed by atoms with van der Waals surface area (Å²) < 4.78 is 0. The van der Waals surface area contributed by atoms with Gasteiger partial charge in [0.15, 0.2) is 0 Å². The van der Waals surface area contributed by atoms with Gasteiger partial charge in [0.1, 0.15) is 18.0 Å². The number of rotatable bonds is 8. The van der Waals surface area contributed by atoms with E-state index in [-0.39, 0.29) is 5.91 Å². The number of hydrogen-bond donors (Lipinski definition) is 2. The number of carbonyl (C=O) groups is 1. The number of anilines is 3. The van der Waals surface area contributed by atoms with Gasteiger partial charge < -0.3 is 15.5 Å². The van der Waals surface area contributed by atoms with Crippen molar-refractivity contribution in [1.29, 1.82) is 0 Å². The number of carbonyl (C=O) groups excluding carboxylic acids is 1. The van der Waals surface area contributed by atoms with Crippen LogP contribution in [0.25, 0.3) is 0 Å². The topological polar surface area (TPSA) is 70.2 Å². The van der Waals surface area contributed by atoms with Gasteiger partial charge in [-0.15, -0.1) is 0 Å². The van der Waals surface area contributed by atoms with Crippen molar-refractivity contribution >= 4 is 23.2 Å². The van der Waals surface area contributed by atoms with Gasteiger partial charge in [-0.25, -0.2) is 9.97 Å². The fourth-order valence-electron chi connectivity index (χ4n) is 3.82. The van der Waals surface area contributed by atoms with Crippen LogP contribution in [0.1, 0.15) is 50.2 Å². The van der Waals surface area contributed by atoms with E-state index in [2.05, 4.69) is 45.4 Å². The maximum atomic E-state index is 12.4. The molecule has 2 aromatic rings. The number of amides is 1. The highest BCUT2D eigenvalue weighted by Crippen LogP contribution is 2.26. The van der Waals surface area contributed by atoms with Gasteiger partial charge in [-0.3, -0.25) is 4.79 Å². The minimum atomic E-state index is 0.113. The maximum Gasteiger partial charge on any atom is 0.224 e. The van der Waals surface area contributed by atoms with Crippen LogP contribution in [0.15, 0.2) is 30.6 Å². The molecule has 0 spiro atoms. The first-order chi connectivity index (χ1) is 14.0. The van der Waals surface area contributed by atoms with Gasteiger partial charge in [-0.1, -0.05) is 24.6 Å². The molecule has 0 bridgehead atoms. The van der Waals surface area contributed by atoms with Crippen LogP contribution in [0.2, 0.25) is 0 Å². The molecule has 1 aromatic carbocycles. The van der Waals surface area contributed by atoms with Gasteiger partial charge in [0.2, 0.25) is 5.91 Å². The Balaban J connectivity index is 1.43. The molecule has 0 atom stereocenters. The maximum absolute atomic E-state index is 12.4. The number of benzene rings is 1. The number of nitrogens with one attached hydrogen (secondary N) is 2. The first-order valence-corrected chi connectivity index (χ1v) is 10.7. The van der Waals surface area contributed by atoms with Crippen molar-refractivity contribution in [3.63, 3.8) is 0 Å². The van der Waals surface area contributed by atoms with E-state index in [1.807, 2.05) is 25.1 Å². The SMILES string of the molecule is CCCNc1cc(N2CCC(CCC(=O)Nc3ccc(C)cc3C)CC2)ncn1. The zero-order valence-corrected chi connectivity index (χ0v) is 17.9. The summed E-state index contributed by atoms with van der Waals surface area (Å²) in [5, 5.41) is 6.38. The second kappa shape index (κ2) is 10.2. The second-order valence-electron chi connectivity index (χ2n) is 8.02. The lowest BCUT2D eigenvalue weighted by Gasteiger charge is -2.32. The van der Waals surface area contributed by atoms with Crippen molar-refractivity contribution < 1.29 is 4.79 Å². The summed E-state index contributed by atoms with van der Waals surface area (Å²) in [4.78, 5) is 23.4. The summed E-state index contributed by atoms with van der Waals surface area (Å²) in [7, 11) is 0. The predicted molar refractivity (Wildman–Crippen MR) is 120 cm³/mol. The van der Waals surface area contributed by atoms with Crippen LogP contribution in [0, 0.1) is 19.8 Å². The third-order valence-corrected chi connectivity index (χ3v) is 5.58. The standard InChI is InChI=1S/C23H33N5O/c1-4-11-24-21-15-22(26-16-25-21)28-12-9-19(10-13-28)6-8-23(29)27-20-7-5-17(2)14-18(20)3/h5,7,14-16,19H,4,6,8-13H2,1-3H3,(H,27,29)(H,24,25,26). The van der Waals surface area contributed by atoms with Crippen LogP contribution < -0.4 is 15.5 Å². The third kappa shape index (κ3) is 6.17. The first-order valence-electron chi connectivity index (χ1n) is 10.7. The summed E-state index contributed by atoms with van der Waals surface area (Å²) in [5.74, 6) is 2.59. The highest BCUT2D eigenvalue weighted by Gasteiger charge is 2.21. The Morgan fingerprint density at radius 1 is 1.17 bits per heavy atom. The van der Waals surface area contributed by atoms with E-state index >= 15 is 0 Å². The van der Waals surface area contributed by atoms with Crippen molar-refractivity contribution in [2.75, 3.05) is 35.2 Å². The number of aryl methyl sites for hydroxylation is 2. The van der Waals surface area contributed by atoms with E-state index in [1.165, 1.54) is 5.56 Å². The number of hydrogen-bond acceptors (Lipinski definition) is 5. The van der Waals surface area contributed by atoms with Crippen LogP contribution in [-0.2, 0) is 4.79 Å². The smallest absolute Gasteiger partial charge is 0.224 e. The highest BCUT2D eigenvalue weighted by molar-refractivity contribution is 5.91. The van der Waals surface area contributed by atoms with E-state index in [0.717, 1.165) is 68.2 Å². The van der Waals surface area contributed by atoms with E-state index in [0.29, 0.717) is 12.3 Å². The monoisotopic (exact) mass is 395 g/mol. The predicted octanol–water partition coefficient (Wildman–Crippen LogP) is 4.55. The minimum absolute atomic E-state index is 0.113. The lowest BCUT2D eigenvalue weighted by atomic mass is 9.92. The van der Waals surface area contributed by atoms with Crippen LogP contribution in [0.4, 0.5) is 17.3 Å². The largest absolute Gasteiger partial charge is 0.370 e. The molecule has 1 fully saturated rings. The van der Waals surface area contributed by atoms with Gasteiger partial charge >= 0.3 is 0 Å². The average molecular weight is 396 g/mol. The van der Waals surface area contributed by atoms with E-state index < -0.39 is 0 Å². The Kier molecular flexibility index (Phi) is 7.44. The van der Waals surface area contributed by atoms with E-state index in [9.17, 15) is 4.79 Å². The zero-order chi connectivity index (χ0) is 20.6. The van der Waals surface area contributed by atoms with Crippen molar-refractivity contribution in [1.82, 2.24) is 9.97 Å². The van der Waals surface area contributed by atoms with Gasteiger partial charge in [0, 0.05) is 37.8 Å². The molecule has 0 unspecified atom stereocenters. The summed E-state index contributed by atoms with van der Waals surface area (Å²) in [6.07, 6.45) is 6.42. The second-order valence-corrected chi connectivity index (χ2v) is 8.02. The molecular formula is C23H33N5O. The highest BCUT2D eigenvalue weighted by atomic mass is 16.1. The molecule has 2 N–H and O–H groups in total. The molecule has 1 saturated heterocycles. The Labute approximate surface area is 174 Å². The normalized spacial score (nSPS) is 14.7. The lowest BCUT2D eigenvalue weighted by molar-refractivity contribution is -0.116.